The second-order valence-corrected chi connectivity index (χ2v) is 6.55. The first-order valence-corrected chi connectivity index (χ1v) is 7.86. The summed E-state index contributed by atoms with van der Waals surface area (Å²) >= 11 is 0. The molecular weight excluding hydrogens is 236 g/mol. The Morgan fingerprint density at radius 2 is 1.94 bits per heavy atom. The van der Waals surface area contributed by atoms with Crippen molar-refractivity contribution in [1.82, 2.24) is 4.90 Å². The molecule has 0 aromatic rings. The van der Waals surface area contributed by atoms with E-state index in [1.807, 2.05) is 11.8 Å². The van der Waals surface area contributed by atoms with E-state index >= 15 is 0 Å². The third kappa shape index (κ3) is 4.39. The number of nitrogens with zero attached hydrogens (tertiary/aromatic N) is 1. The number of likely N-dealkylation sites (tertiary alicyclic amines) is 1. The molecule has 0 saturated carbocycles. The Morgan fingerprint density at radius 1 is 1.35 bits per heavy atom. The number of nitrogens with two attached hydrogens (primary N) is 1. The molecule has 1 saturated heterocycles. The Balaban J connectivity index is 2.47. The molecule has 0 radical (unpaired) electrons. The smallest absolute Gasteiger partial charge is 0.238 e. The summed E-state index contributed by atoms with van der Waals surface area (Å²) in [5.41, 5.74) is 5.77. The van der Waals surface area contributed by atoms with E-state index < -0.39 is 16.0 Å². The van der Waals surface area contributed by atoms with E-state index in [4.69, 9.17) is 5.73 Å². The van der Waals surface area contributed by atoms with Crippen LogP contribution in [0.1, 0.15) is 39.5 Å². The van der Waals surface area contributed by atoms with Gasteiger partial charge in [0.2, 0.25) is 5.91 Å². The summed E-state index contributed by atoms with van der Waals surface area (Å²) in [6, 6.07) is -0.0626. The number of hydrogen-bond acceptors (Lipinski definition) is 3. The zero-order chi connectivity index (χ0) is 12.8. The average molecular weight is 260 g/mol. The van der Waals surface area contributed by atoms with Crippen LogP contribution in [0.4, 0.5) is 0 Å². The Morgan fingerprint density at radius 3 is 2.47 bits per heavy atom. The molecule has 1 fully saturated rings. The van der Waals surface area contributed by atoms with Crippen LogP contribution >= 0.6 is 0 Å². The summed E-state index contributed by atoms with van der Waals surface area (Å²) in [6.45, 7) is 5.37. The van der Waals surface area contributed by atoms with Crippen molar-refractivity contribution in [2.75, 3.05) is 18.8 Å². The molecule has 1 rings (SSSR count). The highest BCUT2D eigenvalue weighted by Gasteiger charge is 2.26. The number of carbonyl (C=O) groups excluding carboxylic acids is 1. The van der Waals surface area contributed by atoms with E-state index in [0.717, 1.165) is 32.4 Å². The van der Waals surface area contributed by atoms with Crippen LogP contribution in [0.3, 0.4) is 0 Å². The maximum absolute atomic E-state index is 12.1. The van der Waals surface area contributed by atoms with Crippen molar-refractivity contribution in [2.24, 2.45) is 5.73 Å². The zero-order valence-corrected chi connectivity index (χ0v) is 11.7. The van der Waals surface area contributed by atoms with Gasteiger partial charge >= 0.3 is 0 Å². The molecule has 2 N–H and O–H groups in total. The normalized spacial score (nSPS) is 21.9. The second-order valence-electron chi connectivity index (χ2n) is 4.74. The molecule has 5 heteroatoms. The molecule has 1 heterocycles. The number of hydrogen-bond donors (Lipinski definition) is 1. The third-order valence-corrected chi connectivity index (χ3v) is 5.06. The minimum atomic E-state index is -1.14. The molecule has 1 aliphatic rings. The van der Waals surface area contributed by atoms with Crippen molar-refractivity contribution in [3.8, 4) is 0 Å². The number of carbonyl (C=O) groups is 1. The fourth-order valence-corrected chi connectivity index (χ4v) is 3.28. The van der Waals surface area contributed by atoms with Gasteiger partial charge in [-0.3, -0.25) is 9.00 Å². The van der Waals surface area contributed by atoms with Gasteiger partial charge in [0, 0.05) is 35.7 Å². The summed E-state index contributed by atoms with van der Waals surface area (Å²) in [7, 11) is -1.14. The summed E-state index contributed by atoms with van der Waals surface area (Å²) < 4.78 is 12.0. The van der Waals surface area contributed by atoms with Gasteiger partial charge in [0.15, 0.2) is 0 Å². The number of amides is 1. The van der Waals surface area contributed by atoms with Crippen LogP contribution < -0.4 is 5.73 Å². The lowest BCUT2D eigenvalue weighted by atomic mass is 10.1. The van der Waals surface area contributed by atoms with Crippen molar-refractivity contribution in [1.29, 1.82) is 0 Å². The second kappa shape index (κ2) is 7.11. The molecule has 0 aromatic heterocycles. The molecule has 0 aliphatic carbocycles. The van der Waals surface area contributed by atoms with Crippen LogP contribution in [-0.2, 0) is 15.6 Å². The average Bonchev–Trinajstić information content (AvgIpc) is 2.37. The lowest BCUT2D eigenvalue weighted by Crippen LogP contribution is -2.44. The van der Waals surface area contributed by atoms with Crippen molar-refractivity contribution in [3.05, 3.63) is 0 Å². The molecule has 3 unspecified atom stereocenters. The van der Waals surface area contributed by atoms with E-state index in [2.05, 4.69) is 0 Å². The van der Waals surface area contributed by atoms with Crippen molar-refractivity contribution >= 4 is 16.7 Å². The quantitative estimate of drug-likeness (QED) is 0.798. The van der Waals surface area contributed by atoms with Crippen LogP contribution in [0.5, 0.6) is 0 Å². The van der Waals surface area contributed by atoms with E-state index in [-0.39, 0.29) is 11.9 Å². The van der Waals surface area contributed by atoms with Gasteiger partial charge in [0.1, 0.15) is 5.25 Å². The van der Waals surface area contributed by atoms with Gasteiger partial charge in [-0.1, -0.05) is 6.92 Å². The third-order valence-electron chi connectivity index (χ3n) is 3.31. The Hall–Kier alpha value is -0.420. The topological polar surface area (TPSA) is 63.4 Å². The fourth-order valence-electron chi connectivity index (χ4n) is 1.96. The van der Waals surface area contributed by atoms with Crippen LogP contribution in [0, 0.1) is 0 Å². The first-order valence-electron chi connectivity index (χ1n) is 6.47. The predicted molar refractivity (Wildman–Crippen MR) is 71.2 cm³/mol. The summed E-state index contributed by atoms with van der Waals surface area (Å²) in [5.74, 6) is 0.461. The standard InChI is InChI=1S/C12H24N2O2S/c1-3-11(13)9-17(16)10(2)12(15)14-7-5-4-6-8-14/h10-11H,3-9,13H2,1-2H3. The minimum Gasteiger partial charge on any atom is -0.342 e. The molecule has 1 amide bonds. The van der Waals surface area contributed by atoms with Gasteiger partial charge in [0.25, 0.3) is 0 Å². The highest BCUT2D eigenvalue weighted by Crippen LogP contribution is 2.12. The summed E-state index contributed by atoms with van der Waals surface area (Å²) in [4.78, 5) is 14.0. The lowest BCUT2D eigenvalue weighted by Gasteiger charge is -2.29. The van der Waals surface area contributed by atoms with Gasteiger partial charge in [0.05, 0.1) is 0 Å². The van der Waals surface area contributed by atoms with Crippen LogP contribution in [0.2, 0.25) is 0 Å². The van der Waals surface area contributed by atoms with Gasteiger partial charge in [-0.25, -0.2) is 0 Å². The molecule has 0 spiro atoms. The first-order chi connectivity index (χ1) is 8.06. The molecule has 0 aromatic carbocycles. The van der Waals surface area contributed by atoms with Crippen LogP contribution in [-0.4, -0.2) is 45.2 Å². The summed E-state index contributed by atoms with van der Waals surface area (Å²) in [5, 5.41) is -0.411. The fraction of sp³-hybridized carbons (Fsp3) is 0.917. The van der Waals surface area contributed by atoms with Crippen molar-refractivity contribution < 1.29 is 9.00 Å². The monoisotopic (exact) mass is 260 g/mol. The molecule has 17 heavy (non-hydrogen) atoms. The van der Waals surface area contributed by atoms with Gasteiger partial charge in [-0.2, -0.15) is 0 Å². The largest absolute Gasteiger partial charge is 0.342 e. The number of piperidine rings is 1. The molecular formula is C12H24N2O2S. The van der Waals surface area contributed by atoms with Crippen LogP contribution in [0.25, 0.3) is 0 Å². The SMILES string of the molecule is CCC(N)CS(=O)C(C)C(=O)N1CCCCC1. The highest BCUT2D eigenvalue weighted by molar-refractivity contribution is 7.86. The molecule has 4 nitrogen and oxygen atoms in total. The zero-order valence-electron chi connectivity index (χ0n) is 10.9. The van der Waals surface area contributed by atoms with Crippen molar-refractivity contribution in [3.63, 3.8) is 0 Å². The van der Waals surface area contributed by atoms with Gasteiger partial charge in [-0.15, -0.1) is 0 Å². The molecule has 0 bridgehead atoms. The van der Waals surface area contributed by atoms with Crippen LogP contribution in [0.15, 0.2) is 0 Å². The van der Waals surface area contributed by atoms with Crippen molar-refractivity contribution in [2.45, 2.75) is 50.8 Å². The highest BCUT2D eigenvalue weighted by atomic mass is 32.2. The van der Waals surface area contributed by atoms with E-state index in [1.54, 1.807) is 6.92 Å². The van der Waals surface area contributed by atoms with E-state index in [1.165, 1.54) is 6.42 Å². The Labute approximate surface area is 106 Å². The Bertz CT molecular complexity index is 278. The first kappa shape index (κ1) is 14.6. The van der Waals surface area contributed by atoms with E-state index in [9.17, 15) is 9.00 Å². The maximum atomic E-state index is 12.1. The minimum absolute atomic E-state index is 0.0336. The lowest BCUT2D eigenvalue weighted by molar-refractivity contribution is -0.131. The summed E-state index contributed by atoms with van der Waals surface area (Å²) in [6.07, 6.45) is 4.14. The van der Waals surface area contributed by atoms with Gasteiger partial charge in [-0.05, 0) is 32.6 Å². The maximum Gasteiger partial charge on any atom is 0.238 e. The Kier molecular flexibility index (Phi) is 6.12. The molecule has 3 atom stereocenters. The molecule has 100 valence electrons. The van der Waals surface area contributed by atoms with E-state index in [0.29, 0.717) is 5.75 Å². The number of rotatable bonds is 5. The molecule has 1 aliphatic heterocycles. The van der Waals surface area contributed by atoms with Gasteiger partial charge < -0.3 is 10.6 Å². The predicted octanol–water partition coefficient (Wildman–Crippen LogP) is 0.873.